The van der Waals surface area contributed by atoms with Crippen LogP contribution >= 0.6 is 0 Å². The quantitative estimate of drug-likeness (QED) is 0.818. The molecule has 1 atom stereocenters. The van der Waals surface area contributed by atoms with Crippen molar-refractivity contribution >= 4 is 0 Å². The molecule has 3 heteroatoms. The number of nitrogens with one attached hydrogen (secondary N) is 2. The molecular weight excluding hydrogens is 198 g/mol. The topological polar surface area (TPSA) is 40.7 Å². The monoisotopic (exact) mass is 219 g/mol. The molecule has 2 fully saturated rings. The number of H-pyrrole nitrogens is 1. The summed E-state index contributed by atoms with van der Waals surface area (Å²) in [6.45, 7) is 2.39. The van der Waals surface area contributed by atoms with Gasteiger partial charge in [0.25, 0.3) is 0 Å². The summed E-state index contributed by atoms with van der Waals surface area (Å²) in [7, 11) is 0. The Hall–Kier alpha value is -0.830. The number of nitrogens with zero attached hydrogens (tertiary/aromatic N) is 1. The first-order valence-corrected chi connectivity index (χ1v) is 6.66. The van der Waals surface area contributed by atoms with Gasteiger partial charge in [-0.25, -0.2) is 0 Å². The first kappa shape index (κ1) is 10.3. The van der Waals surface area contributed by atoms with E-state index in [1.165, 1.54) is 62.9 Å². The fourth-order valence-corrected chi connectivity index (χ4v) is 2.94. The second-order valence-corrected chi connectivity index (χ2v) is 5.35. The number of piperidine rings is 1. The lowest BCUT2D eigenvalue weighted by molar-refractivity contribution is 0.367. The number of aromatic nitrogens is 2. The Morgan fingerprint density at radius 1 is 1.25 bits per heavy atom. The zero-order chi connectivity index (χ0) is 10.8. The molecule has 16 heavy (non-hydrogen) atoms. The molecular formula is C13H21N3. The number of rotatable bonds is 3. The predicted molar refractivity (Wildman–Crippen MR) is 64.5 cm³/mol. The van der Waals surface area contributed by atoms with Crippen molar-refractivity contribution in [3.63, 3.8) is 0 Å². The minimum Gasteiger partial charge on any atom is -0.316 e. The van der Waals surface area contributed by atoms with Gasteiger partial charge in [0.15, 0.2) is 0 Å². The Labute approximate surface area is 97.0 Å². The van der Waals surface area contributed by atoms with E-state index in [1.807, 2.05) is 0 Å². The third-order valence-corrected chi connectivity index (χ3v) is 4.19. The van der Waals surface area contributed by atoms with Gasteiger partial charge in [-0.3, -0.25) is 5.10 Å². The third-order valence-electron chi connectivity index (χ3n) is 4.19. The van der Waals surface area contributed by atoms with E-state index < -0.39 is 0 Å². The summed E-state index contributed by atoms with van der Waals surface area (Å²) in [5, 5.41) is 11.0. The molecule has 2 N–H and O–H groups in total. The van der Waals surface area contributed by atoms with Crippen LogP contribution in [0.25, 0.3) is 0 Å². The molecule has 0 bridgehead atoms. The Morgan fingerprint density at radius 3 is 2.88 bits per heavy atom. The molecule has 0 amide bonds. The van der Waals surface area contributed by atoms with Gasteiger partial charge in [0, 0.05) is 5.69 Å². The van der Waals surface area contributed by atoms with Gasteiger partial charge in [-0.2, -0.15) is 5.10 Å². The highest BCUT2D eigenvalue weighted by Gasteiger charge is 2.25. The van der Waals surface area contributed by atoms with E-state index in [2.05, 4.69) is 21.7 Å². The smallest absolute Gasteiger partial charge is 0.0524 e. The van der Waals surface area contributed by atoms with Crippen LogP contribution in [-0.4, -0.2) is 23.3 Å². The van der Waals surface area contributed by atoms with Crippen LogP contribution in [-0.2, 0) is 6.42 Å². The van der Waals surface area contributed by atoms with Crippen LogP contribution in [0.2, 0.25) is 0 Å². The van der Waals surface area contributed by atoms with Crippen LogP contribution in [0.5, 0.6) is 0 Å². The van der Waals surface area contributed by atoms with Crippen LogP contribution in [0.3, 0.4) is 0 Å². The van der Waals surface area contributed by atoms with Crippen LogP contribution in [0.15, 0.2) is 6.20 Å². The summed E-state index contributed by atoms with van der Waals surface area (Å²) in [6, 6.07) is 0. The van der Waals surface area contributed by atoms with Gasteiger partial charge in [-0.05, 0) is 62.6 Å². The molecule has 3 nitrogen and oxygen atoms in total. The first-order valence-electron chi connectivity index (χ1n) is 6.66. The van der Waals surface area contributed by atoms with Crippen LogP contribution in [0.4, 0.5) is 0 Å². The van der Waals surface area contributed by atoms with E-state index in [-0.39, 0.29) is 0 Å². The fraction of sp³-hybridized carbons (Fsp3) is 0.769. The van der Waals surface area contributed by atoms with E-state index in [9.17, 15) is 0 Å². The molecule has 0 aromatic carbocycles. The summed E-state index contributed by atoms with van der Waals surface area (Å²) in [4.78, 5) is 0. The lowest BCUT2D eigenvalue weighted by Crippen LogP contribution is -2.31. The number of hydrogen-bond acceptors (Lipinski definition) is 2. The van der Waals surface area contributed by atoms with E-state index in [0.29, 0.717) is 0 Å². The van der Waals surface area contributed by atoms with Gasteiger partial charge in [-0.1, -0.05) is 6.42 Å². The molecule has 2 aliphatic rings. The third kappa shape index (κ3) is 2.01. The highest BCUT2D eigenvalue weighted by molar-refractivity contribution is 5.23. The maximum absolute atomic E-state index is 4.25. The molecule has 88 valence electrons. The van der Waals surface area contributed by atoms with Gasteiger partial charge in [0.1, 0.15) is 0 Å². The molecule has 1 aliphatic heterocycles. The normalized spacial score (nSPS) is 26.6. The van der Waals surface area contributed by atoms with Gasteiger partial charge < -0.3 is 5.32 Å². The second kappa shape index (κ2) is 4.58. The van der Waals surface area contributed by atoms with Gasteiger partial charge in [0.2, 0.25) is 0 Å². The second-order valence-electron chi connectivity index (χ2n) is 5.35. The zero-order valence-electron chi connectivity index (χ0n) is 9.84. The molecule has 1 saturated carbocycles. The van der Waals surface area contributed by atoms with Crippen molar-refractivity contribution in [2.75, 3.05) is 13.1 Å². The standard InChI is InChI=1S/C13H21N3/c1-4-11(5-1)12-9-15-16-13(12)7-10-3-2-6-14-8-10/h9-11,14H,1-8H2,(H,15,16). The lowest BCUT2D eigenvalue weighted by atomic mass is 9.79. The predicted octanol–water partition coefficient (Wildman–Crippen LogP) is 2.22. The molecule has 3 rings (SSSR count). The molecule has 1 aliphatic carbocycles. The molecule has 1 aromatic heterocycles. The van der Waals surface area contributed by atoms with E-state index >= 15 is 0 Å². The summed E-state index contributed by atoms with van der Waals surface area (Å²) < 4.78 is 0. The highest BCUT2D eigenvalue weighted by Crippen LogP contribution is 2.38. The van der Waals surface area contributed by atoms with Crippen molar-refractivity contribution in [1.29, 1.82) is 0 Å². The van der Waals surface area contributed by atoms with Gasteiger partial charge in [-0.15, -0.1) is 0 Å². The first-order chi connectivity index (χ1) is 7.93. The van der Waals surface area contributed by atoms with Crippen molar-refractivity contribution in [2.24, 2.45) is 5.92 Å². The van der Waals surface area contributed by atoms with E-state index in [4.69, 9.17) is 0 Å². The molecule has 1 unspecified atom stereocenters. The molecule has 1 aromatic rings. The largest absolute Gasteiger partial charge is 0.316 e. The summed E-state index contributed by atoms with van der Waals surface area (Å²) in [5.41, 5.74) is 2.93. The van der Waals surface area contributed by atoms with E-state index in [1.54, 1.807) is 0 Å². The summed E-state index contributed by atoms with van der Waals surface area (Å²) in [5.74, 6) is 1.62. The van der Waals surface area contributed by atoms with Gasteiger partial charge in [0.05, 0.1) is 6.20 Å². The average Bonchev–Trinajstić information content (AvgIpc) is 2.66. The van der Waals surface area contributed by atoms with Crippen molar-refractivity contribution < 1.29 is 0 Å². The fourth-order valence-electron chi connectivity index (χ4n) is 2.94. The molecule has 1 saturated heterocycles. The molecule has 2 heterocycles. The number of hydrogen-bond donors (Lipinski definition) is 2. The summed E-state index contributed by atoms with van der Waals surface area (Å²) in [6.07, 6.45) is 10.1. The molecule has 0 spiro atoms. The zero-order valence-corrected chi connectivity index (χ0v) is 9.84. The van der Waals surface area contributed by atoms with Crippen molar-refractivity contribution in [3.05, 3.63) is 17.5 Å². The van der Waals surface area contributed by atoms with Gasteiger partial charge >= 0.3 is 0 Å². The Bertz CT molecular complexity index is 335. The van der Waals surface area contributed by atoms with Crippen LogP contribution in [0, 0.1) is 5.92 Å². The maximum atomic E-state index is 4.25. The Kier molecular flexibility index (Phi) is 2.96. The lowest BCUT2D eigenvalue weighted by Gasteiger charge is -2.27. The van der Waals surface area contributed by atoms with E-state index in [0.717, 1.165) is 11.8 Å². The minimum absolute atomic E-state index is 0.810. The highest BCUT2D eigenvalue weighted by atomic mass is 15.1. The SMILES string of the molecule is c1n[nH]c(CC2CCCNC2)c1C1CCC1. The van der Waals surface area contributed by atoms with Crippen molar-refractivity contribution in [3.8, 4) is 0 Å². The van der Waals surface area contributed by atoms with Crippen LogP contribution < -0.4 is 5.32 Å². The van der Waals surface area contributed by atoms with Crippen LogP contribution in [0.1, 0.15) is 49.3 Å². The summed E-state index contributed by atoms with van der Waals surface area (Å²) >= 11 is 0. The maximum Gasteiger partial charge on any atom is 0.0524 e. The van der Waals surface area contributed by atoms with Crippen molar-refractivity contribution in [1.82, 2.24) is 15.5 Å². The Morgan fingerprint density at radius 2 is 2.19 bits per heavy atom. The number of aromatic amines is 1. The Balaban J connectivity index is 1.66. The van der Waals surface area contributed by atoms with Crippen molar-refractivity contribution in [2.45, 2.75) is 44.4 Å². The average molecular weight is 219 g/mol. The molecule has 0 radical (unpaired) electrons. The minimum atomic E-state index is 0.810.